The number of hydrogen-bond acceptors (Lipinski definition) is 10. The van der Waals surface area contributed by atoms with Crippen molar-refractivity contribution in [2.75, 3.05) is 41.8 Å². The van der Waals surface area contributed by atoms with Crippen molar-refractivity contribution in [2.45, 2.75) is 19.4 Å². The molecule has 0 bridgehead atoms. The maximum atomic E-state index is 12.9. The molecule has 2 heterocycles. The van der Waals surface area contributed by atoms with Crippen LogP contribution in [0.5, 0.6) is 34.5 Å². The van der Waals surface area contributed by atoms with Crippen molar-refractivity contribution in [3.8, 4) is 34.5 Å². The number of carbonyl (C=O) groups is 2. The molecule has 10 nitrogen and oxygen atoms in total. The third-order valence-electron chi connectivity index (χ3n) is 6.07. The Morgan fingerprint density at radius 1 is 0.943 bits per heavy atom. The highest BCUT2D eigenvalue weighted by molar-refractivity contribution is 5.77. The average Bonchev–Trinajstić information content (AvgIpc) is 3.47. The van der Waals surface area contributed by atoms with Crippen molar-refractivity contribution in [3.05, 3.63) is 35.4 Å². The minimum absolute atomic E-state index is 0.110. The first-order chi connectivity index (χ1) is 16.9. The number of esters is 2. The van der Waals surface area contributed by atoms with E-state index < -0.39 is 24.0 Å². The summed E-state index contributed by atoms with van der Waals surface area (Å²) in [6, 6.07) is 7.03. The standard InChI is InChI=1S/C25H28O10/c1-13(26)35-22(15-9-18(29-3)23(31-5)19(10-15)30-4)21-16(11-32-25(21)27)6-14-7-17(28-2)24-20(8-14)33-12-34-24/h7-10,16,21-22H,6,11-12H2,1-5H3. The summed E-state index contributed by atoms with van der Waals surface area (Å²) >= 11 is 0. The smallest absolute Gasteiger partial charge is 0.313 e. The molecule has 0 radical (unpaired) electrons. The van der Waals surface area contributed by atoms with E-state index in [1.165, 1.54) is 28.3 Å². The molecule has 1 fully saturated rings. The van der Waals surface area contributed by atoms with Gasteiger partial charge in [-0.3, -0.25) is 9.59 Å². The van der Waals surface area contributed by atoms with E-state index in [0.717, 1.165) is 5.56 Å². The normalized spacial score (nSPS) is 19.1. The predicted octanol–water partition coefficient (Wildman–Crippen LogP) is 3.09. The zero-order valence-corrected chi connectivity index (χ0v) is 20.2. The van der Waals surface area contributed by atoms with E-state index in [0.29, 0.717) is 46.5 Å². The molecule has 10 heteroatoms. The van der Waals surface area contributed by atoms with Crippen LogP contribution in [0.1, 0.15) is 24.2 Å². The highest BCUT2D eigenvalue weighted by Crippen LogP contribution is 2.46. The van der Waals surface area contributed by atoms with Gasteiger partial charge in [-0.05, 0) is 36.2 Å². The van der Waals surface area contributed by atoms with Gasteiger partial charge in [-0.1, -0.05) is 0 Å². The number of carbonyl (C=O) groups excluding carboxylic acids is 2. The minimum Gasteiger partial charge on any atom is -0.493 e. The fraction of sp³-hybridized carbons (Fsp3) is 0.440. The summed E-state index contributed by atoms with van der Waals surface area (Å²) in [5.41, 5.74) is 1.39. The van der Waals surface area contributed by atoms with E-state index in [1.54, 1.807) is 19.2 Å². The molecule has 4 rings (SSSR count). The van der Waals surface area contributed by atoms with Crippen LogP contribution in [0.3, 0.4) is 0 Å². The number of methoxy groups -OCH3 is 4. The molecule has 0 N–H and O–H groups in total. The van der Waals surface area contributed by atoms with E-state index in [-0.39, 0.29) is 19.3 Å². The average molecular weight is 488 g/mol. The fourth-order valence-corrected chi connectivity index (χ4v) is 4.54. The molecule has 2 aromatic carbocycles. The first kappa shape index (κ1) is 24.3. The second kappa shape index (κ2) is 10.2. The molecule has 3 atom stereocenters. The first-order valence-corrected chi connectivity index (χ1v) is 11.0. The van der Waals surface area contributed by atoms with Gasteiger partial charge in [-0.2, -0.15) is 0 Å². The second-order valence-electron chi connectivity index (χ2n) is 8.14. The summed E-state index contributed by atoms with van der Waals surface area (Å²) in [5.74, 6) is 0.744. The Kier molecular flexibility index (Phi) is 7.09. The molecule has 35 heavy (non-hydrogen) atoms. The number of hydrogen-bond donors (Lipinski definition) is 0. The van der Waals surface area contributed by atoms with Gasteiger partial charge in [0.25, 0.3) is 0 Å². The van der Waals surface area contributed by atoms with Crippen LogP contribution in [0.4, 0.5) is 0 Å². The van der Waals surface area contributed by atoms with Crippen LogP contribution in [-0.4, -0.2) is 53.8 Å². The summed E-state index contributed by atoms with van der Waals surface area (Å²) < 4.78 is 43.9. The van der Waals surface area contributed by atoms with Crippen molar-refractivity contribution in [1.29, 1.82) is 0 Å². The van der Waals surface area contributed by atoms with Gasteiger partial charge in [-0.25, -0.2) is 0 Å². The summed E-state index contributed by atoms with van der Waals surface area (Å²) in [4.78, 5) is 25.0. The Morgan fingerprint density at radius 2 is 1.63 bits per heavy atom. The van der Waals surface area contributed by atoms with Crippen LogP contribution < -0.4 is 28.4 Å². The van der Waals surface area contributed by atoms with Gasteiger partial charge in [0.2, 0.25) is 18.3 Å². The highest BCUT2D eigenvalue weighted by atomic mass is 16.7. The number of ether oxygens (including phenoxy) is 8. The lowest BCUT2D eigenvalue weighted by Crippen LogP contribution is -2.28. The summed E-state index contributed by atoms with van der Waals surface area (Å²) in [6.45, 7) is 1.57. The summed E-state index contributed by atoms with van der Waals surface area (Å²) in [5, 5.41) is 0. The Labute approximate surface area is 202 Å². The maximum Gasteiger partial charge on any atom is 0.313 e. The van der Waals surface area contributed by atoms with E-state index in [1.807, 2.05) is 12.1 Å². The van der Waals surface area contributed by atoms with Crippen molar-refractivity contribution in [2.24, 2.45) is 11.8 Å². The lowest BCUT2D eigenvalue weighted by atomic mass is 9.82. The third-order valence-corrected chi connectivity index (χ3v) is 6.07. The van der Waals surface area contributed by atoms with Gasteiger partial charge < -0.3 is 37.9 Å². The minimum atomic E-state index is -0.933. The largest absolute Gasteiger partial charge is 0.493 e. The van der Waals surface area contributed by atoms with Gasteiger partial charge in [0.1, 0.15) is 12.0 Å². The van der Waals surface area contributed by atoms with E-state index in [4.69, 9.17) is 37.9 Å². The zero-order valence-electron chi connectivity index (χ0n) is 20.2. The van der Waals surface area contributed by atoms with E-state index >= 15 is 0 Å². The molecule has 1 saturated heterocycles. The monoisotopic (exact) mass is 488 g/mol. The van der Waals surface area contributed by atoms with Crippen LogP contribution in [0.2, 0.25) is 0 Å². The Morgan fingerprint density at radius 3 is 2.23 bits per heavy atom. The van der Waals surface area contributed by atoms with Crippen molar-refractivity contribution >= 4 is 11.9 Å². The van der Waals surface area contributed by atoms with Crippen LogP contribution in [0.25, 0.3) is 0 Å². The van der Waals surface area contributed by atoms with Gasteiger partial charge >= 0.3 is 11.9 Å². The molecular weight excluding hydrogens is 460 g/mol. The Balaban J connectivity index is 1.71. The Hall–Kier alpha value is -3.82. The zero-order chi connectivity index (χ0) is 25.1. The molecule has 2 aliphatic rings. The van der Waals surface area contributed by atoms with Gasteiger partial charge in [0.05, 0.1) is 35.0 Å². The lowest BCUT2D eigenvalue weighted by Gasteiger charge is -2.26. The molecule has 0 amide bonds. The van der Waals surface area contributed by atoms with Crippen LogP contribution in [-0.2, 0) is 25.5 Å². The molecular formula is C25H28O10. The molecule has 0 aliphatic carbocycles. The SMILES string of the molecule is COc1cc(C(OC(C)=O)C2C(=O)OCC2Cc2cc(OC)c3c(c2)OCO3)cc(OC)c1OC. The van der Waals surface area contributed by atoms with Crippen molar-refractivity contribution in [3.63, 3.8) is 0 Å². The molecule has 0 spiro atoms. The topological polar surface area (TPSA) is 108 Å². The number of benzene rings is 2. The Bertz CT molecular complexity index is 1090. The number of cyclic esters (lactones) is 1. The molecule has 2 aliphatic heterocycles. The maximum absolute atomic E-state index is 12.9. The quantitative estimate of drug-likeness (QED) is 0.489. The van der Waals surface area contributed by atoms with E-state index in [9.17, 15) is 9.59 Å². The van der Waals surface area contributed by atoms with Crippen molar-refractivity contribution in [1.82, 2.24) is 0 Å². The predicted molar refractivity (Wildman–Crippen MR) is 121 cm³/mol. The third kappa shape index (κ3) is 4.73. The molecule has 3 unspecified atom stereocenters. The van der Waals surface area contributed by atoms with Crippen LogP contribution >= 0.6 is 0 Å². The molecule has 188 valence electrons. The molecule has 2 aromatic rings. The lowest BCUT2D eigenvalue weighted by molar-refractivity contribution is -0.155. The molecule has 0 aromatic heterocycles. The van der Waals surface area contributed by atoms with Gasteiger partial charge in [0, 0.05) is 18.4 Å². The van der Waals surface area contributed by atoms with Crippen LogP contribution in [0.15, 0.2) is 24.3 Å². The summed E-state index contributed by atoms with van der Waals surface area (Å²) in [7, 11) is 6.02. The van der Waals surface area contributed by atoms with Gasteiger partial charge in [-0.15, -0.1) is 0 Å². The van der Waals surface area contributed by atoms with Gasteiger partial charge in [0.15, 0.2) is 23.0 Å². The second-order valence-corrected chi connectivity index (χ2v) is 8.14. The fourth-order valence-electron chi connectivity index (χ4n) is 4.54. The summed E-state index contributed by atoms with van der Waals surface area (Å²) in [6.07, 6.45) is -0.483. The molecule has 0 saturated carbocycles. The van der Waals surface area contributed by atoms with Crippen LogP contribution in [0, 0.1) is 11.8 Å². The number of fused-ring (bicyclic) bond motifs is 1. The first-order valence-electron chi connectivity index (χ1n) is 11.0. The highest BCUT2D eigenvalue weighted by Gasteiger charge is 2.45. The number of rotatable bonds is 9. The van der Waals surface area contributed by atoms with Crippen molar-refractivity contribution < 1.29 is 47.5 Å². The van der Waals surface area contributed by atoms with E-state index in [2.05, 4.69) is 0 Å².